The van der Waals surface area contributed by atoms with E-state index >= 15 is 0 Å². The molecule has 4 aromatic rings. The average Bonchev–Trinajstić information content (AvgIpc) is 3.45. The summed E-state index contributed by atoms with van der Waals surface area (Å²) in [6.07, 6.45) is 1.39. The Balaban J connectivity index is 1.60. The third-order valence-electron chi connectivity index (χ3n) is 6.87. The third kappa shape index (κ3) is 4.21. The largest absolute Gasteiger partial charge is 0.481 e. The fraction of sp³-hybridized carbons (Fsp3) is 0.296. The Bertz CT molecular complexity index is 1480. The predicted octanol–water partition coefficient (Wildman–Crippen LogP) is 3.08. The maximum atomic E-state index is 13.5. The van der Waals surface area contributed by atoms with Crippen molar-refractivity contribution in [2.45, 2.75) is 38.4 Å². The molecule has 0 bridgehead atoms. The van der Waals surface area contributed by atoms with Crippen LogP contribution in [0.2, 0.25) is 0 Å². The number of aliphatic hydroxyl groups excluding tert-OH is 1. The Morgan fingerprint density at radius 3 is 2.57 bits per heavy atom. The van der Waals surface area contributed by atoms with Crippen LogP contribution in [0.15, 0.2) is 65.5 Å². The fourth-order valence-electron chi connectivity index (χ4n) is 5.09. The van der Waals surface area contributed by atoms with E-state index < -0.39 is 5.97 Å². The number of hydrogen-bond donors (Lipinski definition) is 2. The smallest absolute Gasteiger partial charge is 0.329 e. The van der Waals surface area contributed by atoms with Gasteiger partial charge in [-0.2, -0.15) is 0 Å². The van der Waals surface area contributed by atoms with E-state index in [2.05, 4.69) is 0 Å². The van der Waals surface area contributed by atoms with Crippen molar-refractivity contribution in [3.8, 4) is 0 Å². The maximum absolute atomic E-state index is 13.5. The van der Waals surface area contributed by atoms with E-state index in [0.29, 0.717) is 29.7 Å². The monoisotopic (exact) mass is 473 g/mol. The highest BCUT2D eigenvalue weighted by molar-refractivity contribution is 5.98. The van der Waals surface area contributed by atoms with Crippen molar-refractivity contribution in [3.63, 3.8) is 0 Å². The highest BCUT2D eigenvalue weighted by Crippen LogP contribution is 2.24. The number of nitrogens with zero attached hydrogens (tertiary/aromatic N) is 3. The molecule has 0 saturated carbocycles. The van der Waals surface area contributed by atoms with E-state index in [1.807, 2.05) is 42.5 Å². The normalized spacial score (nSPS) is 15.8. The second-order valence-corrected chi connectivity index (χ2v) is 8.98. The molecule has 5 rings (SSSR count). The summed E-state index contributed by atoms with van der Waals surface area (Å²) in [5.74, 6) is -1.19. The first kappa shape index (κ1) is 22.9. The van der Waals surface area contributed by atoms with Crippen LogP contribution in [0.1, 0.15) is 35.2 Å². The number of aromatic nitrogens is 2. The van der Waals surface area contributed by atoms with E-state index in [-0.39, 0.29) is 37.2 Å². The summed E-state index contributed by atoms with van der Waals surface area (Å²) in [5.41, 5.74) is 2.26. The Hall–Kier alpha value is -3.91. The van der Waals surface area contributed by atoms with Crippen molar-refractivity contribution in [1.82, 2.24) is 14.0 Å². The van der Waals surface area contributed by atoms with Crippen molar-refractivity contribution >= 4 is 33.7 Å². The average molecular weight is 474 g/mol. The van der Waals surface area contributed by atoms with Gasteiger partial charge in [-0.25, -0.2) is 4.79 Å². The molecule has 0 spiro atoms. The zero-order valence-electron chi connectivity index (χ0n) is 19.3. The molecule has 0 unspecified atom stereocenters. The van der Waals surface area contributed by atoms with Crippen molar-refractivity contribution in [3.05, 3.63) is 82.3 Å². The van der Waals surface area contributed by atoms with E-state index in [4.69, 9.17) is 0 Å². The van der Waals surface area contributed by atoms with E-state index in [9.17, 15) is 24.6 Å². The summed E-state index contributed by atoms with van der Waals surface area (Å²) in [7, 11) is 0. The topological polar surface area (TPSA) is 105 Å². The molecule has 2 heterocycles. The highest BCUT2D eigenvalue weighted by Gasteiger charge is 2.29. The van der Waals surface area contributed by atoms with Gasteiger partial charge in [-0.1, -0.05) is 42.5 Å². The van der Waals surface area contributed by atoms with Gasteiger partial charge in [-0.15, -0.1) is 0 Å². The lowest BCUT2D eigenvalue weighted by Gasteiger charge is -2.23. The van der Waals surface area contributed by atoms with Gasteiger partial charge >= 0.3 is 11.7 Å². The number of hydrogen-bond acceptors (Lipinski definition) is 4. The second kappa shape index (κ2) is 9.38. The Labute approximate surface area is 201 Å². The molecule has 1 fully saturated rings. The van der Waals surface area contributed by atoms with Gasteiger partial charge in [0.25, 0.3) is 5.91 Å². The van der Waals surface area contributed by atoms with Crippen LogP contribution in [0.4, 0.5) is 0 Å². The summed E-state index contributed by atoms with van der Waals surface area (Å²) in [5, 5.41) is 21.0. The van der Waals surface area contributed by atoms with Gasteiger partial charge in [0.15, 0.2) is 0 Å². The number of aliphatic hydroxyl groups is 1. The molecule has 8 nitrogen and oxygen atoms in total. The molecule has 0 aliphatic carbocycles. The zero-order chi connectivity index (χ0) is 24.5. The first-order chi connectivity index (χ1) is 17.0. The van der Waals surface area contributed by atoms with Gasteiger partial charge in [-0.3, -0.25) is 18.7 Å². The van der Waals surface area contributed by atoms with Crippen LogP contribution >= 0.6 is 0 Å². The molecule has 1 aromatic heterocycles. The number of aliphatic carboxylic acids is 1. The molecular weight excluding hydrogens is 446 g/mol. The molecule has 8 heteroatoms. The van der Waals surface area contributed by atoms with Crippen LogP contribution in [0.25, 0.3) is 21.8 Å². The molecule has 1 atom stereocenters. The lowest BCUT2D eigenvalue weighted by atomic mass is 10.0. The first-order valence-corrected chi connectivity index (χ1v) is 11.8. The molecule has 1 aliphatic rings. The highest BCUT2D eigenvalue weighted by atomic mass is 16.4. The number of carbonyl (C=O) groups excluding carboxylic acids is 1. The number of carboxylic acid groups (broad SMARTS) is 1. The van der Waals surface area contributed by atoms with Crippen LogP contribution in [0, 0.1) is 0 Å². The van der Waals surface area contributed by atoms with Crippen LogP contribution in [0.5, 0.6) is 0 Å². The minimum atomic E-state index is -0.998. The van der Waals surface area contributed by atoms with Gasteiger partial charge < -0.3 is 15.1 Å². The number of carboxylic acids is 1. The van der Waals surface area contributed by atoms with Gasteiger partial charge in [-0.05, 0) is 47.4 Å². The standard InChI is InChI=1S/C27H27N3O5/c31-17-21-8-4-13-28(21)26(34)19-10-11-23-24(15-19)29(14-12-25(32)33)27(35)30(23)16-20-7-3-6-18-5-1-2-9-22(18)20/h1-3,5-7,9-11,15,21,31H,4,8,12-14,16-17H2,(H,32,33)/t21-/m0/s1. The summed E-state index contributed by atoms with van der Waals surface area (Å²) in [6, 6.07) is 18.9. The second-order valence-electron chi connectivity index (χ2n) is 8.98. The molecule has 1 saturated heterocycles. The SMILES string of the molecule is O=C(O)CCn1c(=O)n(Cc2cccc3ccccc23)c2ccc(C(=O)N3CCC[C@H]3CO)cc21. The van der Waals surface area contributed by atoms with Crippen molar-refractivity contribution in [1.29, 1.82) is 0 Å². The lowest BCUT2D eigenvalue weighted by Crippen LogP contribution is -2.37. The van der Waals surface area contributed by atoms with Crippen LogP contribution in [-0.2, 0) is 17.9 Å². The third-order valence-corrected chi connectivity index (χ3v) is 6.87. The molecule has 3 aromatic carbocycles. The molecule has 35 heavy (non-hydrogen) atoms. The quantitative estimate of drug-likeness (QED) is 0.429. The molecular formula is C27H27N3O5. The van der Waals surface area contributed by atoms with Gasteiger partial charge in [0, 0.05) is 18.7 Å². The summed E-state index contributed by atoms with van der Waals surface area (Å²) in [6.45, 7) is 0.825. The number of likely N-dealkylation sites (tertiary alicyclic amines) is 1. The number of benzene rings is 3. The minimum absolute atomic E-state index is 0.00777. The zero-order valence-corrected chi connectivity index (χ0v) is 19.3. The first-order valence-electron chi connectivity index (χ1n) is 11.8. The van der Waals surface area contributed by atoms with Crippen LogP contribution in [0.3, 0.4) is 0 Å². The Morgan fingerprint density at radius 2 is 1.77 bits per heavy atom. The molecule has 180 valence electrons. The fourth-order valence-corrected chi connectivity index (χ4v) is 5.09. The summed E-state index contributed by atoms with van der Waals surface area (Å²) in [4.78, 5) is 39.6. The van der Waals surface area contributed by atoms with Crippen LogP contribution < -0.4 is 5.69 Å². The Kier molecular flexibility index (Phi) is 6.13. The predicted molar refractivity (Wildman–Crippen MR) is 133 cm³/mol. The Morgan fingerprint density at radius 1 is 0.971 bits per heavy atom. The van der Waals surface area contributed by atoms with Gasteiger partial charge in [0.05, 0.1) is 36.6 Å². The number of aryl methyl sites for hydroxylation is 1. The van der Waals surface area contributed by atoms with Crippen molar-refractivity contribution in [2.24, 2.45) is 0 Å². The van der Waals surface area contributed by atoms with Crippen molar-refractivity contribution < 1.29 is 19.8 Å². The summed E-state index contributed by atoms with van der Waals surface area (Å²) < 4.78 is 3.08. The maximum Gasteiger partial charge on any atom is 0.329 e. The van der Waals surface area contributed by atoms with E-state index in [0.717, 1.165) is 29.2 Å². The number of carbonyl (C=O) groups is 2. The van der Waals surface area contributed by atoms with E-state index in [1.54, 1.807) is 27.7 Å². The van der Waals surface area contributed by atoms with Crippen molar-refractivity contribution in [2.75, 3.05) is 13.2 Å². The van der Waals surface area contributed by atoms with Crippen LogP contribution in [-0.4, -0.2) is 55.3 Å². The number of amides is 1. The number of imidazole rings is 1. The summed E-state index contributed by atoms with van der Waals surface area (Å²) >= 11 is 0. The molecule has 0 radical (unpaired) electrons. The minimum Gasteiger partial charge on any atom is -0.481 e. The van der Waals surface area contributed by atoms with Gasteiger partial charge in [0.2, 0.25) is 0 Å². The number of rotatable bonds is 7. The molecule has 1 aliphatic heterocycles. The van der Waals surface area contributed by atoms with Gasteiger partial charge in [0.1, 0.15) is 0 Å². The molecule has 2 N–H and O–H groups in total. The lowest BCUT2D eigenvalue weighted by molar-refractivity contribution is -0.137. The van der Waals surface area contributed by atoms with E-state index in [1.165, 1.54) is 4.57 Å². The number of fused-ring (bicyclic) bond motifs is 2. The molecule has 1 amide bonds.